The van der Waals surface area contributed by atoms with Crippen molar-refractivity contribution in [2.45, 2.75) is 12.3 Å². The first-order valence-corrected chi connectivity index (χ1v) is 5.29. The number of carboxylic acids is 1. The van der Waals surface area contributed by atoms with Gasteiger partial charge >= 0.3 is 5.97 Å². The van der Waals surface area contributed by atoms with Crippen molar-refractivity contribution < 1.29 is 14.6 Å². The van der Waals surface area contributed by atoms with Crippen LogP contribution in [-0.4, -0.2) is 17.7 Å². The largest absolute Gasteiger partial charge is 0.490 e. The Morgan fingerprint density at radius 3 is 2.69 bits per heavy atom. The average molecular weight is 218 g/mol. The van der Waals surface area contributed by atoms with Gasteiger partial charge in [-0.1, -0.05) is 24.8 Å². The van der Waals surface area contributed by atoms with Crippen LogP contribution in [0.25, 0.3) is 0 Å². The van der Waals surface area contributed by atoms with Crippen LogP contribution in [0.15, 0.2) is 36.9 Å². The summed E-state index contributed by atoms with van der Waals surface area (Å²) in [5.41, 5.74) is 1.08. The highest BCUT2D eigenvalue weighted by atomic mass is 16.5. The fourth-order valence-corrected chi connectivity index (χ4v) is 1.80. The molecule has 84 valence electrons. The van der Waals surface area contributed by atoms with E-state index in [-0.39, 0.29) is 11.8 Å². The molecule has 0 radical (unpaired) electrons. The van der Waals surface area contributed by atoms with E-state index in [1.54, 1.807) is 6.08 Å². The Morgan fingerprint density at radius 1 is 1.50 bits per heavy atom. The summed E-state index contributed by atoms with van der Waals surface area (Å²) >= 11 is 0. The lowest BCUT2D eigenvalue weighted by molar-refractivity contribution is -0.138. The van der Waals surface area contributed by atoms with E-state index in [0.717, 1.165) is 17.7 Å². The summed E-state index contributed by atoms with van der Waals surface area (Å²) in [6, 6.07) is 7.62. The van der Waals surface area contributed by atoms with E-state index in [0.29, 0.717) is 6.61 Å². The molecule has 2 rings (SSSR count). The zero-order valence-corrected chi connectivity index (χ0v) is 8.93. The Kier molecular flexibility index (Phi) is 2.95. The number of aliphatic carboxylic acids is 1. The lowest BCUT2D eigenvalue weighted by atomic mass is 10.1. The molecule has 0 heterocycles. The standard InChI is InChI=1S/C13H14O3/c1-2-7-16-10-5-3-9(4-6-10)11-8-12(11)13(14)15/h2-6,11-12H,1,7-8H2,(H,14,15). The zero-order chi connectivity index (χ0) is 11.5. The fraction of sp³-hybridized carbons (Fsp3) is 0.308. The molecule has 1 aliphatic rings. The molecule has 3 nitrogen and oxygen atoms in total. The normalized spacial score (nSPS) is 22.5. The van der Waals surface area contributed by atoms with E-state index in [9.17, 15) is 4.79 Å². The van der Waals surface area contributed by atoms with Gasteiger partial charge in [0.05, 0.1) is 5.92 Å². The molecule has 0 amide bonds. The van der Waals surface area contributed by atoms with E-state index < -0.39 is 5.97 Å². The van der Waals surface area contributed by atoms with Crippen LogP contribution in [0, 0.1) is 5.92 Å². The summed E-state index contributed by atoms with van der Waals surface area (Å²) in [5, 5.41) is 8.82. The van der Waals surface area contributed by atoms with Gasteiger partial charge in [0.15, 0.2) is 0 Å². The van der Waals surface area contributed by atoms with Gasteiger partial charge < -0.3 is 9.84 Å². The van der Waals surface area contributed by atoms with Gasteiger partial charge in [-0.3, -0.25) is 4.79 Å². The maximum atomic E-state index is 10.7. The number of hydrogen-bond donors (Lipinski definition) is 1. The van der Waals surface area contributed by atoms with E-state index in [2.05, 4.69) is 6.58 Å². The predicted octanol–water partition coefficient (Wildman–Crippen LogP) is 2.44. The van der Waals surface area contributed by atoms with Gasteiger partial charge in [0.2, 0.25) is 0 Å². The molecule has 2 unspecified atom stereocenters. The summed E-state index contributed by atoms with van der Waals surface area (Å²) in [4.78, 5) is 10.7. The molecule has 1 N–H and O–H groups in total. The van der Waals surface area contributed by atoms with Crippen LogP contribution < -0.4 is 4.74 Å². The summed E-state index contributed by atoms with van der Waals surface area (Å²) in [7, 11) is 0. The summed E-state index contributed by atoms with van der Waals surface area (Å²) in [6.45, 7) is 4.06. The van der Waals surface area contributed by atoms with Crippen LogP contribution >= 0.6 is 0 Å². The second kappa shape index (κ2) is 4.39. The minimum Gasteiger partial charge on any atom is -0.490 e. The van der Waals surface area contributed by atoms with Crippen molar-refractivity contribution in [3.05, 3.63) is 42.5 Å². The van der Waals surface area contributed by atoms with Crippen LogP contribution in [-0.2, 0) is 4.79 Å². The van der Waals surface area contributed by atoms with Crippen molar-refractivity contribution in [1.82, 2.24) is 0 Å². The molecular formula is C13H14O3. The van der Waals surface area contributed by atoms with Crippen LogP contribution in [0.2, 0.25) is 0 Å². The van der Waals surface area contributed by atoms with Gasteiger partial charge in [-0.05, 0) is 30.0 Å². The lowest BCUT2D eigenvalue weighted by Crippen LogP contribution is -1.99. The first-order chi connectivity index (χ1) is 7.72. The molecule has 1 aromatic rings. The van der Waals surface area contributed by atoms with Gasteiger partial charge in [0.1, 0.15) is 12.4 Å². The quantitative estimate of drug-likeness (QED) is 0.772. The number of carboxylic acid groups (broad SMARTS) is 1. The van der Waals surface area contributed by atoms with Crippen LogP contribution in [0.5, 0.6) is 5.75 Å². The van der Waals surface area contributed by atoms with Crippen molar-refractivity contribution in [3.63, 3.8) is 0 Å². The summed E-state index contributed by atoms with van der Waals surface area (Å²) in [5.74, 6) is 0.0825. The highest BCUT2D eigenvalue weighted by Crippen LogP contribution is 2.47. The Hall–Kier alpha value is -1.77. The van der Waals surface area contributed by atoms with Gasteiger partial charge in [-0.2, -0.15) is 0 Å². The Morgan fingerprint density at radius 2 is 2.19 bits per heavy atom. The minimum atomic E-state index is -0.697. The molecule has 0 aliphatic heterocycles. The number of ether oxygens (including phenoxy) is 1. The highest BCUT2D eigenvalue weighted by molar-refractivity contribution is 5.75. The number of rotatable bonds is 5. The molecule has 1 aliphatic carbocycles. The number of benzene rings is 1. The van der Waals surface area contributed by atoms with Crippen molar-refractivity contribution in [3.8, 4) is 5.75 Å². The van der Waals surface area contributed by atoms with Gasteiger partial charge in [-0.25, -0.2) is 0 Å². The van der Waals surface area contributed by atoms with Gasteiger partial charge in [-0.15, -0.1) is 0 Å². The second-order valence-corrected chi connectivity index (χ2v) is 3.96. The van der Waals surface area contributed by atoms with Gasteiger partial charge in [0.25, 0.3) is 0 Å². The Labute approximate surface area is 94.4 Å². The van der Waals surface area contributed by atoms with Crippen LogP contribution in [0.4, 0.5) is 0 Å². The van der Waals surface area contributed by atoms with E-state index >= 15 is 0 Å². The predicted molar refractivity (Wildman–Crippen MR) is 60.6 cm³/mol. The third-order valence-electron chi connectivity index (χ3n) is 2.78. The maximum absolute atomic E-state index is 10.7. The molecular weight excluding hydrogens is 204 g/mol. The van der Waals surface area contributed by atoms with Crippen molar-refractivity contribution in [1.29, 1.82) is 0 Å². The molecule has 0 saturated heterocycles. The first kappa shape index (κ1) is 10.7. The average Bonchev–Trinajstić information content (AvgIpc) is 3.07. The first-order valence-electron chi connectivity index (χ1n) is 5.29. The Bertz CT molecular complexity index is 394. The molecule has 0 spiro atoms. The van der Waals surface area contributed by atoms with Crippen molar-refractivity contribution >= 4 is 5.97 Å². The molecule has 3 heteroatoms. The van der Waals surface area contributed by atoms with E-state index in [4.69, 9.17) is 9.84 Å². The van der Waals surface area contributed by atoms with Crippen molar-refractivity contribution in [2.24, 2.45) is 5.92 Å². The zero-order valence-electron chi connectivity index (χ0n) is 8.93. The smallest absolute Gasteiger partial charge is 0.307 e. The van der Waals surface area contributed by atoms with E-state index in [1.165, 1.54) is 0 Å². The molecule has 1 aromatic carbocycles. The molecule has 2 atom stereocenters. The molecule has 0 bridgehead atoms. The highest BCUT2D eigenvalue weighted by Gasteiger charge is 2.43. The van der Waals surface area contributed by atoms with Crippen LogP contribution in [0.3, 0.4) is 0 Å². The molecule has 0 aromatic heterocycles. The summed E-state index contributed by atoms with van der Waals surface area (Å²) < 4.78 is 5.35. The van der Waals surface area contributed by atoms with Gasteiger partial charge in [0, 0.05) is 0 Å². The van der Waals surface area contributed by atoms with Crippen molar-refractivity contribution in [2.75, 3.05) is 6.61 Å². The third-order valence-corrected chi connectivity index (χ3v) is 2.78. The minimum absolute atomic E-state index is 0.186. The maximum Gasteiger partial charge on any atom is 0.307 e. The molecule has 16 heavy (non-hydrogen) atoms. The Balaban J connectivity index is 1.98. The SMILES string of the molecule is C=CCOc1ccc(C2CC2C(=O)O)cc1. The number of carbonyl (C=O) groups is 1. The van der Waals surface area contributed by atoms with E-state index in [1.807, 2.05) is 24.3 Å². The fourth-order valence-electron chi connectivity index (χ4n) is 1.80. The summed E-state index contributed by atoms with van der Waals surface area (Å²) in [6.07, 6.45) is 2.44. The van der Waals surface area contributed by atoms with Crippen LogP contribution in [0.1, 0.15) is 17.9 Å². The second-order valence-electron chi connectivity index (χ2n) is 3.96. The monoisotopic (exact) mass is 218 g/mol. The number of hydrogen-bond acceptors (Lipinski definition) is 2. The molecule has 1 saturated carbocycles. The topological polar surface area (TPSA) is 46.5 Å². The lowest BCUT2D eigenvalue weighted by Gasteiger charge is -2.04. The molecule has 1 fully saturated rings. The third kappa shape index (κ3) is 2.24.